The molecular formula is C19H14F6N6O. The molecule has 13 heteroatoms. The minimum Gasteiger partial charge on any atom is -0.377 e. The third-order valence-electron chi connectivity index (χ3n) is 4.32. The zero-order valence-electron chi connectivity index (χ0n) is 16.0. The van der Waals surface area contributed by atoms with Gasteiger partial charge in [-0.1, -0.05) is 6.07 Å². The third-order valence-corrected chi connectivity index (χ3v) is 4.32. The van der Waals surface area contributed by atoms with Crippen molar-refractivity contribution in [2.75, 3.05) is 23.8 Å². The van der Waals surface area contributed by atoms with Crippen LogP contribution in [0.2, 0.25) is 0 Å². The van der Waals surface area contributed by atoms with E-state index in [0.717, 1.165) is 24.4 Å². The second-order valence-electron chi connectivity index (χ2n) is 6.83. The van der Waals surface area contributed by atoms with Gasteiger partial charge in [-0.3, -0.25) is 4.98 Å². The van der Waals surface area contributed by atoms with Crippen molar-refractivity contribution in [1.29, 1.82) is 0 Å². The Labute approximate surface area is 176 Å². The Hall–Kier alpha value is -3.48. The average molecular weight is 456 g/mol. The molecule has 0 aliphatic carbocycles. The maximum Gasteiger partial charge on any atom is 0.433 e. The summed E-state index contributed by atoms with van der Waals surface area (Å²) in [5.74, 6) is 0.131. The first-order valence-corrected chi connectivity index (χ1v) is 9.15. The van der Waals surface area contributed by atoms with E-state index in [4.69, 9.17) is 4.74 Å². The van der Waals surface area contributed by atoms with E-state index in [2.05, 4.69) is 30.6 Å². The second kappa shape index (κ2) is 8.22. The molecule has 3 aromatic rings. The minimum absolute atomic E-state index is 0.0144. The molecule has 2 N–H and O–H groups in total. The van der Waals surface area contributed by atoms with E-state index in [1.54, 1.807) is 0 Å². The van der Waals surface area contributed by atoms with Crippen molar-refractivity contribution in [3.8, 4) is 11.5 Å². The number of aromatic nitrogens is 4. The van der Waals surface area contributed by atoms with Gasteiger partial charge in [0.05, 0.1) is 36.7 Å². The number of anilines is 3. The Bertz CT molecular complexity index is 1120. The van der Waals surface area contributed by atoms with Crippen molar-refractivity contribution < 1.29 is 31.1 Å². The van der Waals surface area contributed by atoms with Gasteiger partial charge in [0.1, 0.15) is 23.0 Å². The van der Waals surface area contributed by atoms with Crippen molar-refractivity contribution in [3.05, 3.63) is 54.0 Å². The second-order valence-corrected chi connectivity index (χ2v) is 6.83. The smallest absolute Gasteiger partial charge is 0.377 e. The summed E-state index contributed by atoms with van der Waals surface area (Å²) in [6, 6.07) is 5.45. The first kappa shape index (κ1) is 21.7. The Morgan fingerprint density at radius 2 is 1.62 bits per heavy atom. The van der Waals surface area contributed by atoms with Gasteiger partial charge in [0, 0.05) is 12.3 Å². The van der Waals surface area contributed by atoms with Crippen LogP contribution in [0, 0.1) is 0 Å². The zero-order valence-corrected chi connectivity index (χ0v) is 16.0. The number of alkyl halides is 6. The van der Waals surface area contributed by atoms with Crippen LogP contribution >= 0.6 is 0 Å². The van der Waals surface area contributed by atoms with Gasteiger partial charge in [-0.15, -0.1) is 0 Å². The molecule has 0 amide bonds. The summed E-state index contributed by atoms with van der Waals surface area (Å²) < 4.78 is 83.1. The molecule has 0 unspecified atom stereocenters. The molecule has 4 rings (SSSR count). The first-order chi connectivity index (χ1) is 15.1. The minimum atomic E-state index is -4.67. The van der Waals surface area contributed by atoms with Crippen molar-refractivity contribution in [1.82, 2.24) is 19.9 Å². The van der Waals surface area contributed by atoms with Crippen LogP contribution in [-0.2, 0) is 17.1 Å². The van der Waals surface area contributed by atoms with Gasteiger partial charge < -0.3 is 15.4 Å². The average Bonchev–Trinajstić information content (AvgIpc) is 2.70. The quantitative estimate of drug-likeness (QED) is 0.546. The van der Waals surface area contributed by atoms with E-state index >= 15 is 0 Å². The van der Waals surface area contributed by atoms with Crippen molar-refractivity contribution in [2.45, 2.75) is 18.4 Å². The van der Waals surface area contributed by atoms with Crippen LogP contribution in [0.4, 0.5) is 43.7 Å². The topological polar surface area (TPSA) is 84.9 Å². The van der Waals surface area contributed by atoms with E-state index in [-0.39, 0.29) is 34.9 Å². The van der Waals surface area contributed by atoms with E-state index in [1.165, 1.54) is 12.1 Å². The van der Waals surface area contributed by atoms with Gasteiger partial charge in [0.25, 0.3) is 0 Å². The molecule has 0 radical (unpaired) electrons. The number of pyridine rings is 2. The van der Waals surface area contributed by atoms with Crippen LogP contribution in [0.5, 0.6) is 0 Å². The molecule has 168 valence electrons. The maximum atomic E-state index is 13.0. The highest BCUT2D eigenvalue weighted by Gasteiger charge is 2.33. The van der Waals surface area contributed by atoms with E-state index in [9.17, 15) is 26.3 Å². The lowest BCUT2D eigenvalue weighted by molar-refractivity contribution is -0.141. The van der Waals surface area contributed by atoms with E-state index in [0.29, 0.717) is 19.4 Å². The summed E-state index contributed by atoms with van der Waals surface area (Å²) in [7, 11) is 0. The number of nitrogens with one attached hydrogen (secondary N) is 2. The number of halogens is 6. The Kier molecular flexibility index (Phi) is 5.59. The highest BCUT2D eigenvalue weighted by Crippen LogP contribution is 2.32. The molecule has 1 fully saturated rings. The number of ether oxygens (including phenoxy) is 1. The molecule has 4 heterocycles. The van der Waals surface area contributed by atoms with Gasteiger partial charge in [-0.2, -0.15) is 26.3 Å². The summed E-state index contributed by atoms with van der Waals surface area (Å²) in [4.78, 5) is 15.5. The number of hydrogen-bond donors (Lipinski definition) is 2. The SMILES string of the molecule is FC(F)(F)c1cncc(Nc2cc(NC3COC3)nc(-c3cccc(C(F)(F)F)n3)n2)c1. The molecule has 3 aromatic heterocycles. The lowest BCUT2D eigenvalue weighted by Gasteiger charge is -2.27. The molecule has 0 spiro atoms. The number of hydrogen-bond acceptors (Lipinski definition) is 7. The van der Waals surface area contributed by atoms with Gasteiger partial charge in [0.15, 0.2) is 5.82 Å². The maximum absolute atomic E-state index is 13.0. The Balaban J connectivity index is 1.70. The van der Waals surface area contributed by atoms with Gasteiger partial charge in [-0.05, 0) is 18.2 Å². The Morgan fingerprint density at radius 3 is 2.28 bits per heavy atom. The molecular weight excluding hydrogens is 442 g/mol. The van der Waals surface area contributed by atoms with Crippen molar-refractivity contribution in [2.24, 2.45) is 0 Å². The normalized spacial score (nSPS) is 14.7. The molecule has 1 aliphatic heterocycles. The van der Waals surface area contributed by atoms with E-state index in [1.807, 2.05) is 0 Å². The fourth-order valence-electron chi connectivity index (χ4n) is 2.76. The third kappa shape index (κ3) is 5.04. The highest BCUT2D eigenvalue weighted by atomic mass is 19.4. The van der Waals surface area contributed by atoms with Gasteiger partial charge in [-0.25, -0.2) is 15.0 Å². The molecule has 7 nitrogen and oxygen atoms in total. The van der Waals surface area contributed by atoms with Crippen molar-refractivity contribution >= 4 is 17.3 Å². The molecule has 0 aromatic carbocycles. The molecule has 1 saturated heterocycles. The summed E-state index contributed by atoms with van der Waals surface area (Å²) in [5.41, 5.74) is -2.26. The molecule has 0 bridgehead atoms. The number of rotatable bonds is 5. The molecule has 0 saturated carbocycles. The lowest BCUT2D eigenvalue weighted by Crippen LogP contribution is -2.40. The molecule has 32 heavy (non-hydrogen) atoms. The predicted molar refractivity (Wildman–Crippen MR) is 101 cm³/mol. The fraction of sp³-hybridized carbons (Fsp3) is 0.263. The predicted octanol–water partition coefficient (Wildman–Crippen LogP) is 4.53. The Morgan fingerprint density at radius 1 is 0.875 bits per heavy atom. The summed E-state index contributed by atoms with van der Waals surface area (Å²) in [5, 5.41) is 5.72. The standard InChI is InChI=1S/C19H14F6N6O/c20-18(21,22)10-4-11(7-26-6-10)27-15-5-16(28-12-8-32-9-12)31-17(30-15)13-2-1-3-14(29-13)19(23,24)25/h1-7,12H,8-9H2,(H2,27,28,30,31). The van der Waals surface area contributed by atoms with Crippen LogP contribution < -0.4 is 10.6 Å². The van der Waals surface area contributed by atoms with Crippen LogP contribution in [0.15, 0.2) is 42.7 Å². The largest absolute Gasteiger partial charge is 0.433 e. The van der Waals surface area contributed by atoms with Gasteiger partial charge >= 0.3 is 12.4 Å². The first-order valence-electron chi connectivity index (χ1n) is 9.15. The van der Waals surface area contributed by atoms with Crippen LogP contribution in [-0.4, -0.2) is 39.2 Å². The molecule has 0 atom stereocenters. The van der Waals surface area contributed by atoms with E-state index < -0.39 is 23.6 Å². The van der Waals surface area contributed by atoms with Crippen LogP contribution in [0.25, 0.3) is 11.5 Å². The van der Waals surface area contributed by atoms with Crippen LogP contribution in [0.1, 0.15) is 11.3 Å². The summed E-state index contributed by atoms with van der Waals surface area (Å²) in [6.07, 6.45) is -7.43. The lowest BCUT2D eigenvalue weighted by atomic mass is 10.2. The summed E-state index contributed by atoms with van der Waals surface area (Å²) in [6.45, 7) is 0.808. The van der Waals surface area contributed by atoms with Gasteiger partial charge in [0.2, 0.25) is 0 Å². The zero-order chi connectivity index (χ0) is 22.9. The monoisotopic (exact) mass is 456 g/mol. The summed E-state index contributed by atoms with van der Waals surface area (Å²) >= 11 is 0. The molecule has 1 aliphatic rings. The highest BCUT2D eigenvalue weighted by molar-refractivity contribution is 5.64. The fourth-order valence-corrected chi connectivity index (χ4v) is 2.76. The van der Waals surface area contributed by atoms with Crippen molar-refractivity contribution in [3.63, 3.8) is 0 Å². The van der Waals surface area contributed by atoms with Crippen LogP contribution in [0.3, 0.4) is 0 Å². The number of nitrogens with zero attached hydrogens (tertiary/aromatic N) is 4.